The van der Waals surface area contributed by atoms with E-state index in [0.29, 0.717) is 13.0 Å². The summed E-state index contributed by atoms with van der Waals surface area (Å²) < 4.78 is 1.84. The molecule has 0 aliphatic carbocycles. The van der Waals surface area contributed by atoms with Crippen LogP contribution in [0.4, 0.5) is 0 Å². The lowest BCUT2D eigenvalue weighted by Gasteiger charge is -2.31. The zero-order chi connectivity index (χ0) is 17.6. The maximum Gasteiger partial charge on any atom is 0.223 e. The Bertz CT molecular complexity index is 683. The van der Waals surface area contributed by atoms with Gasteiger partial charge in [-0.3, -0.25) is 4.79 Å². The zero-order valence-corrected chi connectivity index (χ0v) is 15.3. The van der Waals surface area contributed by atoms with Gasteiger partial charge in [-0.1, -0.05) is 19.1 Å². The number of hydrogen-bond donors (Lipinski definition) is 0. The van der Waals surface area contributed by atoms with Crippen molar-refractivity contribution >= 4 is 5.91 Å². The fourth-order valence-corrected chi connectivity index (χ4v) is 3.52. The standard InChI is InChI=1S/C20H28N4O/c1-17-6-4-11-23(15-17)13-9-20(25)22(2)16-18-7-3-8-19(14-18)24-12-5-10-21-24/h3,5,7-8,10,12,14,17H,4,6,9,11,13,15-16H2,1-2H3. The fraction of sp³-hybridized carbons (Fsp3) is 0.500. The summed E-state index contributed by atoms with van der Waals surface area (Å²) in [4.78, 5) is 16.7. The van der Waals surface area contributed by atoms with E-state index in [4.69, 9.17) is 0 Å². The van der Waals surface area contributed by atoms with E-state index in [2.05, 4.69) is 29.1 Å². The van der Waals surface area contributed by atoms with Crippen LogP contribution in [0.1, 0.15) is 31.7 Å². The second kappa shape index (κ2) is 8.30. The maximum absolute atomic E-state index is 12.5. The fourth-order valence-electron chi connectivity index (χ4n) is 3.52. The number of piperidine rings is 1. The molecule has 1 unspecified atom stereocenters. The normalized spacial score (nSPS) is 18.2. The molecule has 1 saturated heterocycles. The van der Waals surface area contributed by atoms with Gasteiger partial charge in [-0.15, -0.1) is 0 Å². The van der Waals surface area contributed by atoms with E-state index in [9.17, 15) is 4.79 Å². The first kappa shape index (κ1) is 17.7. The van der Waals surface area contributed by atoms with Crippen molar-refractivity contribution in [1.82, 2.24) is 19.6 Å². The second-order valence-electron chi connectivity index (χ2n) is 7.17. The van der Waals surface area contributed by atoms with E-state index in [-0.39, 0.29) is 5.91 Å². The molecule has 134 valence electrons. The first-order chi connectivity index (χ1) is 12.1. The van der Waals surface area contributed by atoms with E-state index in [0.717, 1.165) is 36.8 Å². The lowest BCUT2D eigenvalue weighted by atomic mass is 10.0. The molecule has 1 aromatic carbocycles. The number of carbonyl (C=O) groups is 1. The van der Waals surface area contributed by atoms with Crippen molar-refractivity contribution in [3.63, 3.8) is 0 Å². The average Bonchev–Trinajstić information content (AvgIpc) is 3.14. The van der Waals surface area contributed by atoms with Gasteiger partial charge in [0.1, 0.15) is 0 Å². The van der Waals surface area contributed by atoms with E-state index in [1.807, 2.05) is 41.0 Å². The van der Waals surface area contributed by atoms with Crippen molar-refractivity contribution in [3.05, 3.63) is 48.3 Å². The van der Waals surface area contributed by atoms with Crippen LogP contribution in [0.3, 0.4) is 0 Å². The Labute approximate surface area is 150 Å². The Morgan fingerprint density at radius 2 is 2.24 bits per heavy atom. The third-order valence-electron chi connectivity index (χ3n) is 4.91. The third-order valence-corrected chi connectivity index (χ3v) is 4.91. The van der Waals surface area contributed by atoms with Crippen LogP contribution < -0.4 is 0 Å². The molecule has 0 radical (unpaired) electrons. The summed E-state index contributed by atoms with van der Waals surface area (Å²) in [6.45, 7) is 6.06. The number of amides is 1. The third kappa shape index (κ3) is 4.92. The van der Waals surface area contributed by atoms with Gasteiger partial charge in [-0.25, -0.2) is 4.68 Å². The quantitative estimate of drug-likeness (QED) is 0.812. The molecule has 25 heavy (non-hydrogen) atoms. The number of nitrogens with zero attached hydrogens (tertiary/aromatic N) is 4. The summed E-state index contributed by atoms with van der Waals surface area (Å²) in [5.41, 5.74) is 2.14. The molecule has 0 bridgehead atoms. The summed E-state index contributed by atoms with van der Waals surface area (Å²) >= 11 is 0. The molecular formula is C20H28N4O. The van der Waals surface area contributed by atoms with Gasteiger partial charge >= 0.3 is 0 Å². The van der Waals surface area contributed by atoms with E-state index in [1.54, 1.807) is 6.20 Å². The van der Waals surface area contributed by atoms with Gasteiger partial charge in [-0.05, 0) is 49.1 Å². The highest BCUT2D eigenvalue weighted by atomic mass is 16.2. The van der Waals surface area contributed by atoms with Crippen LogP contribution in [0.15, 0.2) is 42.7 Å². The Morgan fingerprint density at radius 3 is 3.00 bits per heavy atom. The van der Waals surface area contributed by atoms with E-state index >= 15 is 0 Å². The van der Waals surface area contributed by atoms with Crippen LogP contribution in [-0.2, 0) is 11.3 Å². The SMILES string of the molecule is CC1CCCN(CCC(=O)N(C)Cc2cccc(-n3cccn3)c2)C1. The largest absolute Gasteiger partial charge is 0.341 e. The van der Waals surface area contributed by atoms with Gasteiger partial charge in [0.2, 0.25) is 5.91 Å². The lowest BCUT2D eigenvalue weighted by Crippen LogP contribution is -2.37. The van der Waals surface area contributed by atoms with Crippen LogP contribution in [0.2, 0.25) is 0 Å². The van der Waals surface area contributed by atoms with Crippen molar-refractivity contribution < 1.29 is 4.79 Å². The smallest absolute Gasteiger partial charge is 0.223 e. The number of carbonyl (C=O) groups excluding carboxylic acids is 1. The molecule has 0 N–H and O–H groups in total. The monoisotopic (exact) mass is 340 g/mol. The van der Waals surface area contributed by atoms with Crippen LogP contribution in [0.5, 0.6) is 0 Å². The molecule has 1 aromatic heterocycles. The number of benzene rings is 1. The topological polar surface area (TPSA) is 41.4 Å². The summed E-state index contributed by atoms with van der Waals surface area (Å²) in [7, 11) is 1.89. The molecule has 5 heteroatoms. The predicted molar refractivity (Wildman–Crippen MR) is 99.5 cm³/mol. The number of rotatable bonds is 6. The van der Waals surface area contributed by atoms with Crippen molar-refractivity contribution in [3.8, 4) is 5.69 Å². The van der Waals surface area contributed by atoms with Gasteiger partial charge < -0.3 is 9.80 Å². The van der Waals surface area contributed by atoms with Crippen LogP contribution >= 0.6 is 0 Å². The minimum atomic E-state index is 0.211. The van der Waals surface area contributed by atoms with Crippen LogP contribution in [0.25, 0.3) is 5.69 Å². The molecule has 1 aliphatic heterocycles. The van der Waals surface area contributed by atoms with Gasteiger partial charge in [0.25, 0.3) is 0 Å². The summed E-state index contributed by atoms with van der Waals surface area (Å²) in [5, 5.41) is 4.26. The van der Waals surface area contributed by atoms with Gasteiger partial charge in [0.05, 0.1) is 5.69 Å². The Balaban J connectivity index is 1.52. The summed E-state index contributed by atoms with van der Waals surface area (Å²) in [6.07, 6.45) is 6.86. The number of likely N-dealkylation sites (tertiary alicyclic amines) is 1. The van der Waals surface area contributed by atoms with Gasteiger partial charge in [-0.2, -0.15) is 5.10 Å². The molecule has 2 heterocycles. The maximum atomic E-state index is 12.5. The second-order valence-corrected chi connectivity index (χ2v) is 7.17. The highest BCUT2D eigenvalue weighted by molar-refractivity contribution is 5.76. The summed E-state index contributed by atoms with van der Waals surface area (Å²) in [6, 6.07) is 10.1. The molecule has 0 spiro atoms. The highest BCUT2D eigenvalue weighted by Gasteiger charge is 2.18. The van der Waals surface area contributed by atoms with E-state index < -0.39 is 0 Å². The summed E-state index contributed by atoms with van der Waals surface area (Å²) in [5.74, 6) is 0.967. The van der Waals surface area contributed by atoms with Crippen molar-refractivity contribution in [2.24, 2.45) is 5.92 Å². The lowest BCUT2D eigenvalue weighted by molar-refractivity contribution is -0.130. The molecular weight excluding hydrogens is 312 g/mol. The molecule has 1 aliphatic rings. The number of aromatic nitrogens is 2. The first-order valence-electron chi connectivity index (χ1n) is 9.17. The minimum absolute atomic E-state index is 0.211. The highest BCUT2D eigenvalue weighted by Crippen LogP contribution is 2.16. The Hall–Kier alpha value is -2.14. The average molecular weight is 340 g/mol. The molecule has 1 atom stereocenters. The minimum Gasteiger partial charge on any atom is -0.341 e. The van der Waals surface area contributed by atoms with Crippen LogP contribution in [0, 0.1) is 5.92 Å². The molecule has 0 saturated carbocycles. The van der Waals surface area contributed by atoms with E-state index in [1.165, 1.54) is 12.8 Å². The van der Waals surface area contributed by atoms with Crippen molar-refractivity contribution in [2.75, 3.05) is 26.7 Å². The van der Waals surface area contributed by atoms with Crippen LogP contribution in [-0.4, -0.2) is 52.2 Å². The molecule has 1 amide bonds. The predicted octanol–water partition coefficient (Wildman–Crippen LogP) is 2.95. The van der Waals surface area contributed by atoms with Crippen molar-refractivity contribution in [1.29, 1.82) is 0 Å². The Morgan fingerprint density at radius 1 is 1.36 bits per heavy atom. The number of hydrogen-bond acceptors (Lipinski definition) is 3. The molecule has 3 rings (SSSR count). The van der Waals surface area contributed by atoms with Gasteiger partial charge in [0, 0.05) is 45.5 Å². The van der Waals surface area contributed by atoms with Gasteiger partial charge in [0.15, 0.2) is 0 Å². The first-order valence-corrected chi connectivity index (χ1v) is 9.17. The molecule has 1 fully saturated rings. The molecule has 5 nitrogen and oxygen atoms in total. The van der Waals surface area contributed by atoms with Crippen molar-refractivity contribution in [2.45, 2.75) is 32.7 Å². The molecule has 2 aromatic rings. The Kier molecular flexibility index (Phi) is 5.87. The zero-order valence-electron chi connectivity index (χ0n) is 15.3.